The van der Waals surface area contributed by atoms with Gasteiger partial charge in [-0.25, -0.2) is 15.8 Å². The van der Waals surface area contributed by atoms with E-state index in [1.165, 1.54) is 0 Å². The minimum atomic E-state index is 0.417. The molecule has 4 nitrogen and oxygen atoms in total. The van der Waals surface area contributed by atoms with Crippen molar-refractivity contribution in [1.82, 2.24) is 9.97 Å². The summed E-state index contributed by atoms with van der Waals surface area (Å²) in [6.45, 7) is 0. The normalized spacial score (nSPS) is 10.1. The minimum absolute atomic E-state index is 0.417. The van der Waals surface area contributed by atoms with E-state index in [-0.39, 0.29) is 0 Å². The van der Waals surface area contributed by atoms with Gasteiger partial charge in [0.25, 0.3) is 0 Å². The van der Waals surface area contributed by atoms with Crippen LogP contribution in [0.1, 0.15) is 0 Å². The molecule has 2 rings (SSSR count). The molecule has 0 aliphatic heterocycles. The van der Waals surface area contributed by atoms with Crippen LogP contribution in [0.25, 0.3) is 0 Å². The lowest BCUT2D eigenvalue weighted by Gasteiger charge is -2.02. The van der Waals surface area contributed by atoms with Crippen molar-refractivity contribution in [2.75, 3.05) is 5.43 Å². The van der Waals surface area contributed by atoms with E-state index in [4.69, 9.17) is 5.84 Å². The summed E-state index contributed by atoms with van der Waals surface area (Å²) in [7, 11) is 0. The van der Waals surface area contributed by atoms with Crippen LogP contribution in [0.4, 0.5) is 5.95 Å². The number of hydrogen-bond donors (Lipinski definition) is 2. The molecule has 0 aliphatic carbocycles. The Kier molecular flexibility index (Phi) is 3.76. The van der Waals surface area contributed by atoms with Crippen molar-refractivity contribution in [2.24, 2.45) is 5.84 Å². The molecule has 1 aromatic heterocycles. The maximum atomic E-state index is 5.24. The monoisotopic (exact) mass is 296 g/mol. The van der Waals surface area contributed by atoms with E-state index in [0.29, 0.717) is 5.95 Å². The summed E-state index contributed by atoms with van der Waals surface area (Å²) in [5, 5.41) is 0.848. The van der Waals surface area contributed by atoms with Crippen molar-refractivity contribution in [1.29, 1.82) is 0 Å². The van der Waals surface area contributed by atoms with Gasteiger partial charge in [0.05, 0.1) is 0 Å². The summed E-state index contributed by atoms with van der Waals surface area (Å²) in [5.74, 6) is 5.66. The molecule has 6 heteroatoms. The lowest BCUT2D eigenvalue weighted by atomic mass is 10.4. The number of hydrogen-bond acceptors (Lipinski definition) is 5. The Morgan fingerprint density at radius 3 is 2.94 bits per heavy atom. The smallest absolute Gasteiger partial charge is 0.238 e. The van der Waals surface area contributed by atoms with E-state index < -0.39 is 0 Å². The van der Waals surface area contributed by atoms with Gasteiger partial charge >= 0.3 is 0 Å². The summed E-state index contributed by atoms with van der Waals surface area (Å²) in [5.41, 5.74) is 2.42. The van der Waals surface area contributed by atoms with Gasteiger partial charge in [0.1, 0.15) is 5.03 Å². The molecular weight excluding hydrogens is 288 g/mol. The van der Waals surface area contributed by atoms with E-state index in [1.54, 1.807) is 18.0 Å². The van der Waals surface area contributed by atoms with Gasteiger partial charge in [0, 0.05) is 15.6 Å². The van der Waals surface area contributed by atoms with Crippen LogP contribution in [0.15, 0.2) is 50.9 Å². The number of nitrogens with two attached hydrogens (primary N) is 1. The van der Waals surface area contributed by atoms with Gasteiger partial charge in [0.2, 0.25) is 5.95 Å². The Morgan fingerprint density at radius 1 is 1.31 bits per heavy atom. The summed E-state index contributed by atoms with van der Waals surface area (Å²) in [6.07, 6.45) is 1.67. The molecule has 0 aliphatic rings. The van der Waals surface area contributed by atoms with Crippen molar-refractivity contribution < 1.29 is 0 Å². The predicted octanol–water partition coefficient (Wildman–Crippen LogP) is 2.68. The van der Waals surface area contributed by atoms with Crippen molar-refractivity contribution in [3.05, 3.63) is 41.0 Å². The average Bonchev–Trinajstić information content (AvgIpc) is 2.29. The number of nitrogens with one attached hydrogen (secondary N) is 1. The highest BCUT2D eigenvalue weighted by molar-refractivity contribution is 9.10. The quantitative estimate of drug-likeness (QED) is 0.518. The van der Waals surface area contributed by atoms with Gasteiger partial charge in [0.15, 0.2) is 0 Å². The maximum Gasteiger partial charge on any atom is 0.238 e. The van der Waals surface area contributed by atoms with E-state index in [9.17, 15) is 0 Å². The molecule has 0 atom stereocenters. The van der Waals surface area contributed by atoms with Gasteiger partial charge in [-0.1, -0.05) is 33.8 Å². The third-order valence-corrected chi connectivity index (χ3v) is 3.20. The lowest BCUT2D eigenvalue weighted by Crippen LogP contribution is -2.10. The van der Waals surface area contributed by atoms with Gasteiger partial charge in [-0.2, -0.15) is 0 Å². The molecule has 3 N–H and O–H groups in total. The Balaban J connectivity index is 2.20. The van der Waals surface area contributed by atoms with Crippen LogP contribution in [0.5, 0.6) is 0 Å². The van der Waals surface area contributed by atoms with Crippen molar-refractivity contribution in [3.63, 3.8) is 0 Å². The van der Waals surface area contributed by atoms with Gasteiger partial charge in [-0.15, -0.1) is 0 Å². The number of rotatable bonds is 3. The second kappa shape index (κ2) is 5.29. The van der Waals surface area contributed by atoms with Crippen LogP contribution in [0, 0.1) is 0 Å². The number of hydrazine groups is 1. The maximum absolute atomic E-state index is 5.24. The Morgan fingerprint density at radius 2 is 2.19 bits per heavy atom. The highest BCUT2D eigenvalue weighted by Crippen LogP contribution is 2.28. The zero-order valence-corrected chi connectivity index (χ0v) is 10.6. The fourth-order valence-corrected chi connectivity index (χ4v) is 2.51. The van der Waals surface area contributed by atoms with E-state index >= 15 is 0 Å². The number of anilines is 1. The lowest BCUT2D eigenvalue weighted by molar-refractivity contribution is 1.03. The molecule has 0 amide bonds. The molecule has 0 spiro atoms. The second-order valence-corrected chi connectivity index (χ2v) is 4.93. The fourth-order valence-electron chi connectivity index (χ4n) is 1.12. The second-order valence-electron chi connectivity index (χ2n) is 2.92. The molecule has 1 heterocycles. The zero-order valence-electron chi connectivity index (χ0n) is 8.22. The first kappa shape index (κ1) is 11.4. The Hall–Kier alpha value is -1.11. The Labute approximate surface area is 106 Å². The summed E-state index contributed by atoms with van der Waals surface area (Å²) >= 11 is 4.98. The zero-order chi connectivity index (χ0) is 11.4. The molecule has 0 fully saturated rings. The first-order valence-electron chi connectivity index (χ1n) is 4.51. The summed E-state index contributed by atoms with van der Waals surface area (Å²) in [6, 6.07) is 9.86. The van der Waals surface area contributed by atoms with E-state index in [2.05, 4.69) is 31.3 Å². The number of nitrogens with zero attached hydrogens (tertiary/aromatic N) is 2. The third kappa shape index (κ3) is 2.94. The molecule has 0 unspecified atom stereocenters. The van der Waals surface area contributed by atoms with Gasteiger partial charge < -0.3 is 0 Å². The van der Waals surface area contributed by atoms with E-state index in [0.717, 1.165) is 14.4 Å². The van der Waals surface area contributed by atoms with Crippen LogP contribution < -0.4 is 11.3 Å². The van der Waals surface area contributed by atoms with Gasteiger partial charge in [-0.05, 0) is 24.3 Å². The summed E-state index contributed by atoms with van der Waals surface area (Å²) in [4.78, 5) is 9.27. The number of nitrogen functional groups attached to an aromatic ring is 1. The number of benzene rings is 1. The predicted molar refractivity (Wildman–Crippen MR) is 68.1 cm³/mol. The van der Waals surface area contributed by atoms with Crippen molar-refractivity contribution in [3.8, 4) is 0 Å². The molecule has 1 aromatic carbocycles. The fraction of sp³-hybridized carbons (Fsp3) is 0. The molecule has 0 radical (unpaired) electrons. The Bertz CT molecular complexity index is 492. The van der Waals surface area contributed by atoms with Crippen LogP contribution in [0.3, 0.4) is 0 Å². The van der Waals surface area contributed by atoms with E-state index in [1.807, 2.05) is 30.3 Å². The minimum Gasteiger partial charge on any atom is -0.292 e. The van der Waals surface area contributed by atoms with Crippen molar-refractivity contribution >= 4 is 33.6 Å². The first-order chi connectivity index (χ1) is 7.78. The molecule has 0 saturated heterocycles. The molecule has 0 saturated carbocycles. The largest absolute Gasteiger partial charge is 0.292 e. The molecule has 2 aromatic rings. The number of aromatic nitrogens is 2. The molecule has 0 bridgehead atoms. The molecular formula is C10H9BrN4S. The highest BCUT2D eigenvalue weighted by atomic mass is 79.9. The highest BCUT2D eigenvalue weighted by Gasteiger charge is 2.01. The van der Waals surface area contributed by atoms with Crippen LogP contribution >= 0.6 is 27.7 Å². The SMILES string of the molecule is NNc1nccc(Sc2cccc(Br)c2)n1. The third-order valence-electron chi connectivity index (χ3n) is 1.78. The van der Waals surface area contributed by atoms with Gasteiger partial charge in [-0.3, -0.25) is 5.43 Å². The topological polar surface area (TPSA) is 63.8 Å². The molecule has 82 valence electrons. The van der Waals surface area contributed by atoms with Crippen LogP contribution in [-0.4, -0.2) is 9.97 Å². The molecule has 16 heavy (non-hydrogen) atoms. The van der Waals surface area contributed by atoms with Crippen LogP contribution in [-0.2, 0) is 0 Å². The van der Waals surface area contributed by atoms with Crippen LogP contribution in [0.2, 0.25) is 0 Å². The van der Waals surface area contributed by atoms with Crippen molar-refractivity contribution in [2.45, 2.75) is 9.92 Å². The average molecular weight is 297 g/mol. The summed E-state index contributed by atoms with van der Waals surface area (Å²) < 4.78 is 1.05. The number of halogens is 1. The standard InChI is InChI=1S/C10H9BrN4S/c11-7-2-1-3-8(6-7)16-9-4-5-13-10(14-9)15-12/h1-6H,12H2,(H,13,14,15). The first-order valence-corrected chi connectivity index (χ1v) is 6.12.